The van der Waals surface area contributed by atoms with E-state index in [1.54, 1.807) is 0 Å². The smallest absolute Gasteiger partial charge is 0.319 e. The number of hydrogen-bond acceptors (Lipinski definition) is 3. The molecule has 0 atom stereocenters. The molecule has 3 N–H and O–H groups in total. The number of aliphatic hydroxyl groups excluding tert-OH is 1. The van der Waals surface area contributed by atoms with Gasteiger partial charge in [0, 0.05) is 18.7 Å². The summed E-state index contributed by atoms with van der Waals surface area (Å²) in [6.07, 6.45) is 0. The number of ether oxygens (including phenoxy) is 1. The lowest BCUT2D eigenvalue weighted by Crippen LogP contribution is -2.31. The minimum absolute atomic E-state index is 0.0199. The molecule has 1 aromatic rings. The Morgan fingerprint density at radius 2 is 2.12 bits per heavy atom. The average Bonchev–Trinajstić information content (AvgIpc) is 2.30. The summed E-state index contributed by atoms with van der Waals surface area (Å²) in [6, 6.07) is 0.909. The van der Waals surface area contributed by atoms with Gasteiger partial charge in [-0.1, -0.05) is 0 Å². The fourth-order valence-electron chi connectivity index (χ4n) is 1.12. The van der Waals surface area contributed by atoms with Gasteiger partial charge in [-0.25, -0.2) is 13.6 Å². The Balaban J connectivity index is 2.78. The Kier molecular flexibility index (Phi) is 4.65. The third-order valence-electron chi connectivity index (χ3n) is 1.89. The molecule has 0 saturated heterocycles. The van der Waals surface area contributed by atoms with Crippen molar-refractivity contribution in [3.63, 3.8) is 0 Å². The van der Waals surface area contributed by atoms with Gasteiger partial charge in [-0.2, -0.15) is 0 Å². The van der Waals surface area contributed by atoms with Crippen molar-refractivity contribution >= 4 is 11.7 Å². The van der Waals surface area contributed by atoms with Gasteiger partial charge in [0.05, 0.1) is 19.4 Å². The minimum Gasteiger partial charge on any atom is -0.494 e. The molecule has 0 bridgehead atoms. The lowest BCUT2D eigenvalue weighted by Gasteiger charge is -2.09. The maximum atomic E-state index is 13.4. The predicted molar refractivity (Wildman–Crippen MR) is 57.0 cm³/mol. The number of benzene rings is 1. The number of carbonyl (C=O) groups is 1. The van der Waals surface area contributed by atoms with E-state index in [4.69, 9.17) is 5.11 Å². The number of halogens is 2. The minimum atomic E-state index is -0.817. The summed E-state index contributed by atoms with van der Waals surface area (Å²) < 4.78 is 31.2. The van der Waals surface area contributed by atoms with Crippen molar-refractivity contribution < 1.29 is 23.4 Å². The summed E-state index contributed by atoms with van der Waals surface area (Å²) in [5, 5.41) is 12.8. The normalized spacial score (nSPS) is 9.88. The van der Waals surface area contributed by atoms with Gasteiger partial charge in [0.2, 0.25) is 0 Å². The van der Waals surface area contributed by atoms with Crippen LogP contribution >= 0.6 is 0 Å². The van der Waals surface area contributed by atoms with Gasteiger partial charge in [0.1, 0.15) is 0 Å². The molecule has 0 heterocycles. The summed E-state index contributed by atoms with van der Waals surface area (Å²) in [5.74, 6) is -1.85. The maximum absolute atomic E-state index is 13.4. The van der Waals surface area contributed by atoms with E-state index in [9.17, 15) is 13.6 Å². The summed E-state index contributed by atoms with van der Waals surface area (Å²) >= 11 is 0. The lowest BCUT2D eigenvalue weighted by atomic mass is 10.2. The van der Waals surface area contributed by atoms with Crippen LogP contribution in [0.2, 0.25) is 0 Å². The summed E-state index contributed by atoms with van der Waals surface area (Å²) in [4.78, 5) is 11.1. The Morgan fingerprint density at radius 3 is 2.71 bits per heavy atom. The van der Waals surface area contributed by atoms with Crippen LogP contribution in [-0.4, -0.2) is 31.4 Å². The zero-order valence-electron chi connectivity index (χ0n) is 9.09. The first kappa shape index (κ1) is 13.2. The monoisotopic (exact) mass is 246 g/mol. The van der Waals surface area contributed by atoms with Gasteiger partial charge in [-0.15, -0.1) is 0 Å². The molecule has 1 rings (SSSR count). The highest BCUT2D eigenvalue weighted by atomic mass is 19.1. The standard InChI is InChI=1S/C10H12F2N2O3/c1-17-9-5-6(11)8(4-7(9)12)14-10(16)13-2-3-15/h4-5,15H,2-3H2,1H3,(H2,13,14,16). The second-order valence-electron chi connectivity index (χ2n) is 3.07. The molecule has 17 heavy (non-hydrogen) atoms. The van der Waals surface area contributed by atoms with E-state index in [0.717, 1.165) is 12.1 Å². The van der Waals surface area contributed by atoms with Crippen LogP contribution in [0, 0.1) is 11.6 Å². The number of aliphatic hydroxyl groups is 1. The van der Waals surface area contributed by atoms with Crippen LogP contribution in [0.3, 0.4) is 0 Å². The largest absolute Gasteiger partial charge is 0.494 e. The fraction of sp³-hybridized carbons (Fsp3) is 0.300. The topological polar surface area (TPSA) is 70.6 Å². The highest BCUT2D eigenvalue weighted by Crippen LogP contribution is 2.24. The van der Waals surface area contributed by atoms with Crippen molar-refractivity contribution in [2.75, 3.05) is 25.6 Å². The summed E-state index contributed by atoms with van der Waals surface area (Å²) in [7, 11) is 1.21. The van der Waals surface area contributed by atoms with Crippen molar-refractivity contribution in [1.29, 1.82) is 0 Å². The molecule has 5 nitrogen and oxygen atoms in total. The number of rotatable bonds is 4. The van der Waals surface area contributed by atoms with Crippen molar-refractivity contribution in [3.05, 3.63) is 23.8 Å². The molecule has 7 heteroatoms. The zero-order chi connectivity index (χ0) is 12.8. The molecule has 0 saturated carbocycles. The van der Waals surface area contributed by atoms with Crippen molar-refractivity contribution in [2.24, 2.45) is 0 Å². The highest BCUT2D eigenvalue weighted by Gasteiger charge is 2.12. The van der Waals surface area contributed by atoms with E-state index < -0.39 is 17.7 Å². The molecule has 0 aliphatic heterocycles. The molecule has 0 aliphatic rings. The molecule has 0 radical (unpaired) electrons. The molecular formula is C10H12F2N2O3. The van der Waals surface area contributed by atoms with Crippen LogP contribution < -0.4 is 15.4 Å². The van der Waals surface area contributed by atoms with Crippen molar-refractivity contribution in [2.45, 2.75) is 0 Å². The van der Waals surface area contributed by atoms with Gasteiger partial charge in [0.25, 0.3) is 0 Å². The Labute approximate surface area is 96.4 Å². The Morgan fingerprint density at radius 1 is 1.41 bits per heavy atom. The molecule has 0 fully saturated rings. The summed E-state index contributed by atoms with van der Waals surface area (Å²) in [5.41, 5.74) is -0.307. The van der Waals surface area contributed by atoms with Gasteiger partial charge in [0.15, 0.2) is 17.4 Å². The first-order chi connectivity index (χ1) is 8.08. The number of carbonyl (C=O) groups excluding carboxylic acids is 1. The van der Waals surface area contributed by atoms with Gasteiger partial charge in [-0.3, -0.25) is 0 Å². The third kappa shape index (κ3) is 3.56. The van der Waals surface area contributed by atoms with Crippen LogP contribution in [0.25, 0.3) is 0 Å². The average molecular weight is 246 g/mol. The molecule has 0 aliphatic carbocycles. The zero-order valence-corrected chi connectivity index (χ0v) is 9.09. The first-order valence-corrected chi connectivity index (χ1v) is 4.77. The van der Waals surface area contributed by atoms with Crippen LogP contribution in [0.15, 0.2) is 12.1 Å². The van der Waals surface area contributed by atoms with Crippen LogP contribution in [0.1, 0.15) is 0 Å². The molecule has 0 unspecified atom stereocenters. The molecular weight excluding hydrogens is 234 g/mol. The SMILES string of the molecule is COc1cc(F)c(NC(=O)NCCO)cc1F. The van der Waals surface area contributed by atoms with Gasteiger partial charge in [-0.05, 0) is 0 Å². The van der Waals surface area contributed by atoms with Crippen molar-refractivity contribution in [1.82, 2.24) is 5.32 Å². The maximum Gasteiger partial charge on any atom is 0.319 e. The molecule has 0 spiro atoms. The quantitative estimate of drug-likeness (QED) is 0.744. The van der Waals surface area contributed by atoms with E-state index in [-0.39, 0.29) is 24.6 Å². The van der Waals surface area contributed by atoms with Crippen LogP contribution in [-0.2, 0) is 0 Å². The van der Waals surface area contributed by atoms with Gasteiger partial charge < -0.3 is 20.5 Å². The van der Waals surface area contributed by atoms with Gasteiger partial charge >= 0.3 is 6.03 Å². The lowest BCUT2D eigenvalue weighted by molar-refractivity contribution is 0.244. The van der Waals surface area contributed by atoms with E-state index in [1.165, 1.54) is 7.11 Å². The number of anilines is 1. The number of hydrogen-bond donors (Lipinski definition) is 3. The number of methoxy groups -OCH3 is 1. The first-order valence-electron chi connectivity index (χ1n) is 4.77. The second kappa shape index (κ2) is 6.00. The van der Waals surface area contributed by atoms with E-state index in [2.05, 4.69) is 15.4 Å². The molecule has 1 aromatic carbocycles. The van der Waals surface area contributed by atoms with Crippen LogP contribution in [0.4, 0.5) is 19.3 Å². The second-order valence-corrected chi connectivity index (χ2v) is 3.07. The fourth-order valence-corrected chi connectivity index (χ4v) is 1.12. The number of amides is 2. The van der Waals surface area contributed by atoms with Crippen molar-refractivity contribution in [3.8, 4) is 5.75 Å². The Hall–Kier alpha value is -1.89. The van der Waals surface area contributed by atoms with E-state index >= 15 is 0 Å². The predicted octanol–water partition coefficient (Wildman–Crippen LogP) is 1.09. The molecule has 94 valence electrons. The third-order valence-corrected chi connectivity index (χ3v) is 1.89. The number of urea groups is 1. The Bertz CT molecular complexity index is 413. The van der Waals surface area contributed by atoms with E-state index in [1.807, 2.05) is 0 Å². The van der Waals surface area contributed by atoms with Crippen LogP contribution in [0.5, 0.6) is 5.75 Å². The highest BCUT2D eigenvalue weighted by molar-refractivity contribution is 5.89. The molecule has 0 aromatic heterocycles. The van der Waals surface area contributed by atoms with E-state index in [0.29, 0.717) is 0 Å². The summed E-state index contributed by atoms with van der Waals surface area (Å²) in [6.45, 7) is -0.223. The number of nitrogens with one attached hydrogen (secondary N) is 2. The molecule has 2 amide bonds.